The third-order valence-electron chi connectivity index (χ3n) is 3.81. The fourth-order valence-corrected chi connectivity index (χ4v) is 2.91. The van der Waals surface area contributed by atoms with Crippen LogP contribution in [0.3, 0.4) is 0 Å². The van der Waals surface area contributed by atoms with Gasteiger partial charge in [0.1, 0.15) is 5.75 Å². The first kappa shape index (κ1) is 13.4. The number of nitrogens with one attached hydrogen (secondary N) is 1. The van der Waals surface area contributed by atoms with Crippen molar-refractivity contribution in [3.05, 3.63) is 29.3 Å². The summed E-state index contributed by atoms with van der Waals surface area (Å²) in [6, 6.07) is 6.53. The van der Waals surface area contributed by atoms with Gasteiger partial charge in [-0.2, -0.15) is 0 Å². The second-order valence-electron chi connectivity index (χ2n) is 4.92. The number of ether oxygens (including phenoxy) is 1. The van der Waals surface area contributed by atoms with Crippen molar-refractivity contribution in [1.82, 2.24) is 5.32 Å². The molecule has 100 valence electrons. The Bertz CT molecular complexity index is 378. The van der Waals surface area contributed by atoms with Crippen molar-refractivity contribution >= 4 is 0 Å². The first-order valence-corrected chi connectivity index (χ1v) is 6.81. The topological polar surface area (TPSA) is 41.5 Å². The summed E-state index contributed by atoms with van der Waals surface area (Å²) >= 11 is 0. The Morgan fingerprint density at radius 1 is 1.44 bits per heavy atom. The van der Waals surface area contributed by atoms with E-state index in [1.165, 1.54) is 11.1 Å². The van der Waals surface area contributed by atoms with E-state index in [1.807, 2.05) is 12.1 Å². The molecule has 1 aliphatic carbocycles. The molecule has 0 fully saturated rings. The molecule has 0 aliphatic heterocycles. The summed E-state index contributed by atoms with van der Waals surface area (Å²) in [5, 5.41) is 13.3. The summed E-state index contributed by atoms with van der Waals surface area (Å²) < 4.78 is 5.46. The van der Waals surface area contributed by atoms with Crippen LogP contribution < -0.4 is 10.1 Å². The van der Waals surface area contributed by atoms with Gasteiger partial charge < -0.3 is 15.2 Å². The highest BCUT2D eigenvalue weighted by Gasteiger charge is 2.30. The van der Waals surface area contributed by atoms with Crippen LogP contribution in [-0.4, -0.2) is 31.4 Å². The molecule has 1 aliphatic rings. The molecule has 2 rings (SSSR count). The van der Waals surface area contributed by atoms with Gasteiger partial charge in [0.25, 0.3) is 0 Å². The first-order valence-electron chi connectivity index (χ1n) is 6.81. The number of aliphatic hydroxyl groups is 1. The molecule has 0 saturated carbocycles. The molecule has 3 heteroatoms. The minimum absolute atomic E-state index is 0.149. The van der Waals surface area contributed by atoms with Crippen LogP contribution in [0.1, 0.15) is 36.8 Å². The average Bonchev–Trinajstić information content (AvgIpc) is 2.43. The predicted octanol–water partition coefficient (Wildman–Crippen LogP) is 2.09. The number of hydrogen-bond acceptors (Lipinski definition) is 3. The number of fused-ring (bicyclic) bond motifs is 1. The monoisotopic (exact) mass is 249 g/mol. The highest BCUT2D eigenvalue weighted by molar-refractivity contribution is 5.45. The van der Waals surface area contributed by atoms with Crippen molar-refractivity contribution in [3.8, 4) is 5.75 Å². The highest BCUT2D eigenvalue weighted by Crippen LogP contribution is 2.37. The van der Waals surface area contributed by atoms with Gasteiger partial charge in [-0.05, 0) is 37.4 Å². The molecule has 18 heavy (non-hydrogen) atoms. The standard InChI is InChI=1S/C15H23NO2/c1-3-9-16-13-8-7-11-5-4-6-14(18-2)15(11)12(13)10-17/h4-6,12-13,16-17H,3,7-10H2,1-2H3/t12-,13-/m0/s1. The molecule has 0 aromatic heterocycles. The lowest BCUT2D eigenvalue weighted by Crippen LogP contribution is -2.40. The lowest BCUT2D eigenvalue weighted by atomic mass is 9.79. The minimum atomic E-state index is 0.149. The summed E-state index contributed by atoms with van der Waals surface area (Å²) in [6.07, 6.45) is 3.27. The lowest BCUT2D eigenvalue weighted by Gasteiger charge is -2.34. The number of rotatable bonds is 5. The van der Waals surface area contributed by atoms with Crippen LogP contribution in [0.4, 0.5) is 0 Å². The van der Waals surface area contributed by atoms with Crippen LogP contribution in [0, 0.1) is 0 Å². The van der Waals surface area contributed by atoms with Gasteiger partial charge in [0, 0.05) is 17.5 Å². The molecule has 3 nitrogen and oxygen atoms in total. The lowest BCUT2D eigenvalue weighted by molar-refractivity contribution is 0.220. The molecular weight excluding hydrogens is 226 g/mol. The van der Waals surface area contributed by atoms with Crippen molar-refractivity contribution < 1.29 is 9.84 Å². The molecule has 0 spiro atoms. The molecule has 2 atom stereocenters. The Morgan fingerprint density at radius 3 is 2.94 bits per heavy atom. The summed E-state index contributed by atoms with van der Waals surface area (Å²) in [5.41, 5.74) is 2.52. The first-order chi connectivity index (χ1) is 8.81. The second-order valence-corrected chi connectivity index (χ2v) is 4.92. The molecule has 1 aromatic rings. The van der Waals surface area contributed by atoms with Gasteiger partial charge in [0.05, 0.1) is 13.7 Å². The summed E-state index contributed by atoms with van der Waals surface area (Å²) in [6.45, 7) is 3.35. The Balaban J connectivity index is 2.29. The van der Waals surface area contributed by atoms with Crippen LogP contribution in [0.25, 0.3) is 0 Å². The van der Waals surface area contributed by atoms with Crippen molar-refractivity contribution in [2.75, 3.05) is 20.3 Å². The van der Waals surface area contributed by atoms with Crippen LogP contribution in [-0.2, 0) is 6.42 Å². The van der Waals surface area contributed by atoms with Crippen LogP contribution in [0.5, 0.6) is 5.75 Å². The highest BCUT2D eigenvalue weighted by atomic mass is 16.5. The van der Waals surface area contributed by atoms with E-state index in [-0.39, 0.29) is 12.5 Å². The van der Waals surface area contributed by atoms with Crippen LogP contribution in [0.15, 0.2) is 18.2 Å². The maximum absolute atomic E-state index is 9.73. The van der Waals surface area contributed by atoms with Crippen molar-refractivity contribution in [1.29, 1.82) is 0 Å². The van der Waals surface area contributed by atoms with E-state index in [9.17, 15) is 5.11 Å². The average molecular weight is 249 g/mol. The van der Waals surface area contributed by atoms with E-state index in [4.69, 9.17) is 4.74 Å². The van der Waals surface area contributed by atoms with Gasteiger partial charge >= 0.3 is 0 Å². The zero-order valence-corrected chi connectivity index (χ0v) is 11.3. The van der Waals surface area contributed by atoms with Crippen molar-refractivity contribution in [3.63, 3.8) is 0 Å². The fourth-order valence-electron chi connectivity index (χ4n) is 2.91. The zero-order chi connectivity index (χ0) is 13.0. The molecule has 0 unspecified atom stereocenters. The Hall–Kier alpha value is -1.06. The summed E-state index contributed by atoms with van der Waals surface area (Å²) in [7, 11) is 1.70. The van der Waals surface area contributed by atoms with Crippen molar-refractivity contribution in [2.45, 2.75) is 38.1 Å². The van der Waals surface area contributed by atoms with E-state index in [0.717, 1.165) is 31.6 Å². The van der Waals surface area contributed by atoms with Gasteiger partial charge in [-0.3, -0.25) is 0 Å². The molecule has 0 amide bonds. The largest absolute Gasteiger partial charge is 0.496 e. The van der Waals surface area contributed by atoms with Gasteiger partial charge in [0.2, 0.25) is 0 Å². The maximum Gasteiger partial charge on any atom is 0.122 e. The zero-order valence-electron chi connectivity index (χ0n) is 11.3. The van der Waals surface area contributed by atoms with E-state index in [0.29, 0.717) is 6.04 Å². The Kier molecular flexibility index (Phi) is 4.61. The van der Waals surface area contributed by atoms with E-state index >= 15 is 0 Å². The fraction of sp³-hybridized carbons (Fsp3) is 0.600. The molecular formula is C15H23NO2. The van der Waals surface area contributed by atoms with Crippen LogP contribution >= 0.6 is 0 Å². The normalized spacial score (nSPS) is 22.6. The second kappa shape index (κ2) is 6.21. The maximum atomic E-state index is 9.73. The van der Waals surface area contributed by atoms with Gasteiger partial charge in [0.15, 0.2) is 0 Å². The molecule has 0 radical (unpaired) electrons. The Morgan fingerprint density at radius 2 is 2.28 bits per heavy atom. The molecule has 2 N–H and O–H groups in total. The van der Waals surface area contributed by atoms with Gasteiger partial charge in [-0.1, -0.05) is 19.1 Å². The van der Waals surface area contributed by atoms with E-state index in [1.54, 1.807) is 7.11 Å². The SMILES string of the molecule is CCCN[C@H]1CCc2cccc(OC)c2[C@H]1CO. The third kappa shape index (κ3) is 2.52. The van der Waals surface area contributed by atoms with E-state index < -0.39 is 0 Å². The van der Waals surface area contributed by atoms with Gasteiger partial charge in [-0.25, -0.2) is 0 Å². The summed E-state index contributed by atoms with van der Waals surface area (Å²) in [4.78, 5) is 0. The molecule has 1 aromatic carbocycles. The number of hydrogen-bond donors (Lipinski definition) is 2. The van der Waals surface area contributed by atoms with Crippen molar-refractivity contribution in [2.24, 2.45) is 0 Å². The molecule has 0 saturated heterocycles. The van der Waals surface area contributed by atoms with E-state index in [2.05, 4.69) is 18.3 Å². The number of benzene rings is 1. The quantitative estimate of drug-likeness (QED) is 0.839. The number of aliphatic hydroxyl groups excluding tert-OH is 1. The smallest absolute Gasteiger partial charge is 0.122 e. The van der Waals surface area contributed by atoms with Crippen LogP contribution in [0.2, 0.25) is 0 Å². The predicted molar refractivity (Wildman–Crippen MR) is 73.2 cm³/mol. The molecule has 0 bridgehead atoms. The number of methoxy groups -OCH3 is 1. The number of aryl methyl sites for hydroxylation is 1. The Labute approximate surface area is 109 Å². The summed E-state index contributed by atoms with van der Waals surface area (Å²) in [5.74, 6) is 1.06. The minimum Gasteiger partial charge on any atom is -0.496 e. The third-order valence-corrected chi connectivity index (χ3v) is 3.81. The molecule has 0 heterocycles. The van der Waals surface area contributed by atoms with Gasteiger partial charge in [-0.15, -0.1) is 0 Å².